The summed E-state index contributed by atoms with van der Waals surface area (Å²) in [6, 6.07) is 13.4. The van der Waals surface area contributed by atoms with Crippen molar-refractivity contribution in [1.82, 2.24) is 5.32 Å². The largest absolute Gasteiger partial charge is 0.312 e. The Balaban J connectivity index is 1.90. The van der Waals surface area contributed by atoms with Crippen LogP contribution < -0.4 is 5.32 Å². The van der Waals surface area contributed by atoms with Crippen molar-refractivity contribution in [3.8, 4) is 10.4 Å². The average molecular weight is 273 g/mol. The Morgan fingerprint density at radius 3 is 2.94 bits per heavy atom. The van der Waals surface area contributed by atoms with Crippen LogP contribution in [-0.4, -0.2) is 6.54 Å². The summed E-state index contributed by atoms with van der Waals surface area (Å²) in [5.41, 5.74) is 1.33. The first-order valence-electron chi connectivity index (χ1n) is 6.14. The highest BCUT2D eigenvalue weighted by Crippen LogP contribution is 2.31. The van der Waals surface area contributed by atoms with E-state index < -0.39 is 0 Å². The lowest BCUT2D eigenvalue weighted by Gasteiger charge is -1.99. The van der Waals surface area contributed by atoms with Crippen molar-refractivity contribution in [3.05, 3.63) is 46.7 Å². The Morgan fingerprint density at radius 1 is 1.11 bits per heavy atom. The van der Waals surface area contributed by atoms with Crippen LogP contribution in [0, 0.1) is 0 Å². The quantitative estimate of drug-likeness (QED) is 0.724. The summed E-state index contributed by atoms with van der Waals surface area (Å²) in [5, 5.41) is 6.87. The number of hydrogen-bond donors (Lipinski definition) is 1. The van der Waals surface area contributed by atoms with Gasteiger partial charge in [0.1, 0.15) is 0 Å². The fourth-order valence-electron chi connectivity index (χ4n) is 2.00. The van der Waals surface area contributed by atoms with E-state index in [0.717, 1.165) is 13.1 Å². The van der Waals surface area contributed by atoms with Gasteiger partial charge in [-0.15, -0.1) is 22.7 Å². The molecule has 2 aromatic heterocycles. The predicted octanol–water partition coefficient (Wildman–Crippen LogP) is 4.74. The molecule has 1 aromatic carbocycles. The lowest BCUT2D eigenvalue weighted by atomic mass is 10.1. The Bertz CT molecular complexity index is 651. The molecule has 1 N–H and O–H groups in total. The molecule has 0 fully saturated rings. The molecule has 0 aliphatic carbocycles. The highest BCUT2D eigenvalue weighted by atomic mass is 32.1. The molecule has 0 aliphatic heterocycles. The molecular weight excluding hydrogens is 258 g/mol. The molecule has 0 aliphatic rings. The van der Waals surface area contributed by atoms with Gasteiger partial charge in [-0.3, -0.25) is 0 Å². The number of rotatable bonds is 4. The summed E-state index contributed by atoms with van der Waals surface area (Å²) in [7, 11) is 0. The summed E-state index contributed by atoms with van der Waals surface area (Å²) >= 11 is 3.68. The number of nitrogens with one attached hydrogen (secondary N) is 1. The first-order chi connectivity index (χ1) is 8.86. The number of benzene rings is 1. The minimum absolute atomic E-state index is 0.974. The fraction of sp³-hybridized carbons (Fsp3) is 0.200. The zero-order chi connectivity index (χ0) is 12.4. The minimum atomic E-state index is 0.974. The zero-order valence-electron chi connectivity index (χ0n) is 10.3. The molecule has 92 valence electrons. The molecule has 3 aromatic rings. The average Bonchev–Trinajstić information content (AvgIpc) is 3.04. The molecule has 2 heterocycles. The Hall–Kier alpha value is -1.16. The van der Waals surface area contributed by atoms with Crippen molar-refractivity contribution in [2.24, 2.45) is 0 Å². The maximum absolute atomic E-state index is 3.37. The highest BCUT2D eigenvalue weighted by Gasteiger charge is 2.04. The molecule has 0 atom stereocenters. The Labute approximate surface area is 115 Å². The lowest BCUT2D eigenvalue weighted by molar-refractivity contribution is 0.735. The molecule has 0 unspecified atom stereocenters. The van der Waals surface area contributed by atoms with Gasteiger partial charge >= 0.3 is 0 Å². The minimum Gasteiger partial charge on any atom is -0.312 e. The number of fused-ring (bicyclic) bond motifs is 1. The molecule has 3 rings (SSSR count). The van der Waals surface area contributed by atoms with E-state index in [1.54, 1.807) is 11.3 Å². The zero-order valence-corrected chi connectivity index (χ0v) is 11.9. The molecule has 18 heavy (non-hydrogen) atoms. The monoisotopic (exact) mass is 273 g/mol. The standard InChI is InChI=1S/C15H15NS2/c1-2-16-10-13-4-6-15(18-13)11-3-5-14-12(9-11)7-8-17-14/h3-9,16H,2,10H2,1H3. The summed E-state index contributed by atoms with van der Waals surface area (Å²) in [5.74, 6) is 0. The smallest absolute Gasteiger partial charge is 0.0346 e. The maximum atomic E-state index is 3.37. The van der Waals surface area contributed by atoms with Crippen LogP contribution in [0.3, 0.4) is 0 Å². The molecular formula is C15H15NS2. The topological polar surface area (TPSA) is 12.0 Å². The van der Waals surface area contributed by atoms with Crippen LogP contribution in [0.1, 0.15) is 11.8 Å². The van der Waals surface area contributed by atoms with Gasteiger partial charge in [-0.1, -0.05) is 13.0 Å². The van der Waals surface area contributed by atoms with E-state index in [9.17, 15) is 0 Å². The second kappa shape index (κ2) is 5.22. The van der Waals surface area contributed by atoms with Crippen LogP contribution in [0.25, 0.3) is 20.5 Å². The Morgan fingerprint density at radius 2 is 2.06 bits per heavy atom. The normalized spacial score (nSPS) is 11.2. The van der Waals surface area contributed by atoms with Crippen LogP contribution in [0.5, 0.6) is 0 Å². The van der Waals surface area contributed by atoms with Gasteiger partial charge in [-0.05, 0) is 53.2 Å². The van der Waals surface area contributed by atoms with Crippen molar-refractivity contribution in [3.63, 3.8) is 0 Å². The second-order valence-electron chi connectivity index (χ2n) is 4.22. The van der Waals surface area contributed by atoms with Gasteiger partial charge in [0, 0.05) is 21.0 Å². The third-order valence-electron chi connectivity index (χ3n) is 2.95. The van der Waals surface area contributed by atoms with Crippen LogP contribution in [0.4, 0.5) is 0 Å². The molecule has 0 saturated heterocycles. The summed E-state index contributed by atoms with van der Waals surface area (Å²) < 4.78 is 1.36. The molecule has 3 heteroatoms. The van der Waals surface area contributed by atoms with Crippen LogP contribution in [0.2, 0.25) is 0 Å². The van der Waals surface area contributed by atoms with Gasteiger partial charge in [-0.25, -0.2) is 0 Å². The van der Waals surface area contributed by atoms with E-state index in [1.807, 2.05) is 11.3 Å². The second-order valence-corrected chi connectivity index (χ2v) is 6.34. The van der Waals surface area contributed by atoms with Crippen molar-refractivity contribution in [2.75, 3.05) is 6.54 Å². The number of hydrogen-bond acceptors (Lipinski definition) is 3. The molecule has 0 radical (unpaired) electrons. The predicted molar refractivity (Wildman–Crippen MR) is 82.5 cm³/mol. The van der Waals surface area contributed by atoms with Gasteiger partial charge in [-0.2, -0.15) is 0 Å². The summed E-state index contributed by atoms with van der Waals surface area (Å²) in [6.45, 7) is 4.13. The SMILES string of the molecule is CCNCc1ccc(-c2ccc3sccc3c2)s1. The van der Waals surface area contributed by atoms with Crippen LogP contribution >= 0.6 is 22.7 Å². The first-order valence-corrected chi connectivity index (χ1v) is 7.83. The van der Waals surface area contributed by atoms with Crippen molar-refractivity contribution < 1.29 is 0 Å². The molecule has 1 nitrogen and oxygen atoms in total. The van der Waals surface area contributed by atoms with E-state index in [4.69, 9.17) is 0 Å². The highest BCUT2D eigenvalue weighted by molar-refractivity contribution is 7.17. The van der Waals surface area contributed by atoms with Crippen LogP contribution in [0.15, 0.2) is 41.8 Å². The van der Waals surface area contributed by atoms with E-state index in [2.05, 4.69) is 54.0 Å². The van der Waals surface area contributed by atoms with Gasteiger partial charge < -0.3 is 5.32 Å². The number of thiophene rings is 2. The third kappa shape index (κ3) is 2.34. The Kier molecular flexibility index (Phi) is 3.46. The van der Waals surface area contributed by atoms with E-state index in [0.29, 0.717) is 0 Å². The molecule has 0 bridgehead atoms. The van der Waals surface area contributed by atoms with Crippen molar-refractivity contribution in [1.29, 1.82) is 0 Å². The van der Waals surface area contributed by atoms with Gasteiger partial charge in [0.05, 0.1) is 0 Å². The fourth-order valence-corrected chi connectivity index (χ4v) is 3.74. The molecule has 0 saturated carbocycles. The van der Waals surface area contributed by atoms with E-state index in [1.165, 1.54) is 25.4 Å². The lowest BCUT2D eigenvalue weighted by Crippen LogP contribution is -2.10. The molecule has 0 spiro atoms. The first kappa shape index (κ1) is 11.9. The summed E-state index contributed by atoms with van der Waals surface area (Å²) in [4.78, 5) is 2.76. The van der Waals surface area contributed by atoms with Crippen molar-refractivity contribution >= 4 is 32.8 Å². The third-order valence-corrected chi connectivity index (χ3v) is 4.98. The van der Waals surface area contributed by atoms with Crippen LogP contribution in [-0.2, 0) is 6.54 Å². The van der Waals surface area contributed by atoms with Gasteiger partial charge in [0.15, 0.2) is 0 Å². The van der Waals surface area contributed by atoms with Gasteiger partial charge in [0.25, 0.3) is 0 Å². The molecule has 0 amide bonds. The maximum Gasteiger partial charge on any atom is 0.0346 e. The van der Waals surface area contributed by atoms with E-state index >= 15 is 0 Å². The van der Waals surface area contributed by atoms with Gasteiger partial charge in [0.2, 0.25) is 0 Å². The summed E-state index contributed by atoms with van der Waals surface area (Å²) in [6.07, 6.45) is 0. The van der Waals surface area contributed by atoms with Crippen molar-refractivity contribution in [2.45, 2.75) is 13.5 Å². The van der Waals surface area contributed by atoms with E-state index in [-0.39, 0.29) is 0 Å².